The number of benzene rings is 3. The van der Waals surface area contributed by atoms with E-state index in [4.69, 9.17) is 0 Å². The third kappa shape index (κ3) is 2.95. The molecule has 6 rings (SSSR count). The number of nitrogens with zero attached hydrogens (tertiary/aromatic N) is 3. The molecule has 0 saturated carbocycles. The molecule has 3 heterocycles. The smallest absolute Gasteiger partial charge is 0.249 e. The maximum atomic E-state index is 13.7. The molecule has 3 aromatic carbocycles. The monoisotopic (exact) mass is 454 g/mol. The van der Waals surface area contributed by atoms with Gasteiger partial charge in [0, 0.05) is 5.69 Å². The molecule has 3 aliphatic rings. The normalized spacial score (nSPS) is 24.6. The van der Waals surface area contributed by atoms with Gasteiger partial charge in [-0.1, -0.05) is 42.5 Å². The Morgan fingerprint density at radius 3 is 2.29 bits per heavy atom. The molecule has 3 aliphatic heterocycles. The average Bonchev–Trinajstić information content (AvgIpc) is 3.33. The zero-order valence-electron chi connectivity index (χ0n) is 17.8. The zero-order chi connectivity index (χ0) is 23.4. The van der Waals surface area contributed by atoms with Gasteiger partial charge in [0.15, 0.2) is 0 Å². The number of hydrogen-bond acceptors (Lipinski definition) is 5. The Labute approximate surface area is 194 Å². The number of carbonyl (C=O) groups excluding carboxylic acids is 3. The van der Waals surface area contributed by atoms with Crippen molar-refractivity contribution in [2.45, 2.75) is 12.1 Å². The second kappa shape index (κ2) is 7.62. The van der Waals surface area contributed by atoms with Gasteiger partial charge in [-0.25, -0.2) is 9.29 Å². The van der Waals surface area contributed by atoms with E-state index in [0.29, 0.717) is 5.69 Å². The topological polar surface area (TPSA) is 82.1 Å². The number of amides is 3. The highest BCUT2D eigenvalue weighted by Gasteiger charge is 2.65. The Morgan fingerprint density at radius 2 is 1.53 bits per heavy atom. The average molecular weight is 454 g/mol. The van der Waals surface area contributed by atoms with Gasteiger partial charge in [0.2, 0.25) is 17.7 Å². The van der Waals surface area contributed by atoms with Crippen LogP contribution in [-0.2, 0) is 14.4 Å². The number of para-hydroxylation sites is 1. The van der Waals surface area contributed by atoms with Crippen LogP contribution in [0.5, 0.6) is 0 Å². The first kappa shape index (κ1) is 20.3. The van der Waals surface area contributed by atoms with Crippen LogP contribution in [0.1, 0.15) is 17.2 Å². The molecular formula is C26H19FN4O3. The second-order valence-corrected chi connectivity index (χ2v) is 8.54. The third-order valence-electron chi connectivity index (χ3n) is 6.69. The number of halogens is 1. The summed E-state index contributed by atoms with van der Waals surface area (Å²) in [4.78, 5) is 41.9. The zero-order valence-corrected chi connectivity index (χ0v) is 17.8. The first-order valence-corrected chi connectivity index (χ1v) is 10.9. The molecular weight excluding hydrogens is 435 g/mol. The number of hydrogen-bond donors (Lipinski definition) is 1. The van der Waals surface area contributed by atoms with Gasteiger partial charge < -0.3 is 5.32 Å². The molecule has 0 aliphatic carbocycles. The van der Waals surface area contributed by atoms with Crippen LogP contribution in [0.3, 0.4) is 0 Å². The highest BCUT2D eigenvalue weighted by molar-refractivity contribution is 6.24. The molecule has 1 unspecified atom stereocenters. The van der Waals surface area contributed by atoms with E-state index in [0.717, 1.165) is 16.0 Å². The Bertz CT molecular complexity index is 1340. The highest BCUT2D eigenvalue weighted by Crippen LogP contribution is 2.52. The summed E-state index contributed by atoms with van der Waals surface area (Å²) in [6.45, 7) is 0. The maximum absolute atomic E-state index is 13.7. The molecule has 0 bridgehead atoms. The van der Waals surface area contributed by atoms with Gasteiger partial charge in [0.05, 0.1) is 29.8 Å². The Kier molecular flexibility index (Phi) is 4.55. The molecule has 0 spiro atoms. The van der Waals surface area contributed by atoms with Crippen LogP contribution in [0.15, 0.2) is 84.0 Å². The molecule has 168 valence electrons. The molecule has 4 atom stereocenters. The standard InChI is InChI=1S/C26H19FN4O3/c27-16-10-12-18(13-11-16)30-25(33)20-21(26(30)34)23(24(32)29-17-7-2-1-3-8-17)31-22(20)19-9-5-4-6-15(19)14-28-31/h1-14,20-23H,(H,29,32)/t20-,21+,22?,23-/m1/s1. The number of rotatable bonds is 3. The van der Waals surface area contributed by atoms with E-state index in [1.807, 2.05) is 30.3 Å². The lowest BCUT2D eigenvalue weighted by atomic mass is 9.85. The molecule has 7 nitrogen and oxygen atoms in total. The predicted octanol–water partition coefficient (Wildman–Crippen LogP) is 3.34. The molecule has 2 saturated heterocycles. The van der Waals surface area contributed by atoms with Crippen molar-refractivity contribution in [3.8, 4) is 0 Å². The summed E-state index contributed by atoms with van der Waals surface area (Å²) in [6, 6.07) is 20.1. The minimum Gasteiger partial charge on any atom is -0.324 e. The Hall–Kier alpha value is -4.33. The Morgan fingerprint density at radius 1 is 0.853 bits per heavy atom. The quantitative estimate of drug-likeness (QED) is 0.616. The Balaban J connectivity index is 1.45. The summed E-state index contributed by atoms with van der Waals surface area (Å²) in [7, 11) is 0. The van der Waals surface area contributed by atoms with Crippen molar-refractivity contribution < 1.29 is 18.8 Å². The van der Waals surface area contributed by atoms with Gasteiger partial charge in [-0.15, -0.1) is 0 Å². The highest BCUT2D eigenvalue weighted by atomic mass is 19.1. The number of anilines is 2. The molecule has 8 heteroatoms. The minimum absolute atomic E-state index is 0.284. The van der Waals surface area contributed by atoms with E-state index in [-0.39, 0.29) is 5.69 Å². The van der Waals surface area contributed by atoms with Gasteiger partial charge in [0.1, 0.15) is 11.9 Å². The summed E-state index contributed by atoms with van der Waals surface area (Å²) in [6.07, 6.45) is 1.66. The lowest BCUT2D eigenvalue weighted by Crippen LogP contribution is -2.46. The number of fused-ring (bicyclic) bond motifs is 5. The first-order chi connectivity index (χ1) is 16.5. The largest absolute Gasteiger partial charge is 0.324 e. The van der Waals surface area contributed by atoms with Crippen molar-refractivity contribution in [2.24, 2.45) is 16.9 Å². The van der Waals surface area contributed by atoms with Gasteiger partial charge in [-0.3, -0.25) is 19.4 Å². The second-order valence-electron chi connectivity index (χ2n) is 8.54. The van der Waals surface area contributed by atoms with E-state index in [1.165, 1.54) is 24.3 Å². The van der Waals surface area contributed by atoms with E-state index >= 15 is 0 Å². The molecule has 34 heavy (non-hydrogen) atoms. The lowest BCUT2D eigenvalue weighted by Gasteiger charge is -2.33. The molecule has 0 aromatic heterocycles. The van der Waals surface area contributed by atoms with Gasteiger partial charge in [-0.2, -0.15) is 5.10 Å². The fourth-order valence-corrected chi connectivity index (χ4v) is 5.25. The van der Waals surface area contributed by atoms with Crippen LogP contribution >= 0.6 is 0 Å². The summed E-state index contributed by atoms with van der Waals surface area (Å²) in [5.74, 6) is -3.53. The third-order valence-corrected chi connectivity index (χ3v) is 6.69. The van der Waals surface area contributed by atoms with E-state index in [9.17, 15) is 18.8 Å². The fourth-order valence-electron chi connectivity index (χ4n) is 5.25. The summed E-state index contributed by atoms with van der Waals surface area (Å²) in [5, 5.41) is 8.97. The number of imide groups is 1. The van der Waals surface area contributed by atoms with Crippen molar-refractivity contribution >= 4 is 35.3 Å². The summed E-state index contributed by atoms with van der Waals surface area (Å²) >= 11 is 0. The van der Waals surface area contributed by atoms with Crippen LogP contribution < -0.4 is 10.2 Å². The van der Waals surface area contributed by atoms with Gasteiger partial charge in [-0.05, 0) is 47.5 Å². The van der Waals surface area contributed by atoms with Crippen LogP contribution in [0.2, 0.25) is 0 Å². The van der Waals surface area contributed by atoms with Crippen LogP contribution in [0.25, 0.3) is 0 Å². The van der Waals surface area contributed by atoms with Crippen LogP contribution in [0, 0.1) is 17.7 Å². The van der Waals surface area contributed by atoms with Crippen molar-refractivity contribution in [3.05, 3.63) is 95.8 Å². The van der Waals surface area contributed by atoms with E-state index in [2.05, 4.69) is 10.4 Å². The number of nitrogens with one attached hydrogen (secondary N) is 1. The SMILES string of the molecule is O=C(Nc1ccccc1)[C@H]1[C@H]2C(=O)N(c3ccc(F)cc3)C(=O)[C@H]2C2c3ccccc3C=NN21. The summed E-state index contributed by atoms with van der Waals surface area (Å²) < 4.78 is 13.5. The number of hydrazone groups is 1. The van der Waals surface area contributed by atoms with Crippen molar-refractivity contribution in [3.63, 3.8) is 0 Å². The van der Waals surface area contributed by atoms with Crippen LogP contribution in [-0.4, -0.2) is 35.0 Å². The van der Waals surface area contributed by atoms with E-state index < -0.39 is 47.5 Å². The maximum Gasteiger partial charge on any atom is 0.249 e. The van der Waals surface area contributed by atoms with Crippen molar-refractivity contribution in [2.75, 3.05) is 10.2 Å². The van der Waals surface area contributed by atoms with E-state index in [1.54, 1.807) is 35.5 Å². The summed E-state index contributed by atoms with van der Waals surface area (Å²) in [5.41, 5.74) is 2.55. The molecule has 3 amide bonds. The fraction of sp³-hybridized carbons (Fsp3) is 0.154. The molecule has 3 aromatic rings. The van der Waals surface area contributed by atoms with Gasteiger partial charge in [0.25, 0.3) is 0 Å². The number of carbonyl (C=O) groups is 3. The molecule has 1 N–H and O–H groups in total. The predicted molar refractivity (Wildman–Crippen MR) is 123 cm³/mol. The van der Waals surface area contributed by atoms with Crippen molar-refractivity contribution in [1.82, 2.24) is 5.01 Å². The minimum atomic E-state index is -0.985. The van der Waals surface area contributed by atoms with Crippen LogP contribution in [0.4, 0.5) is 15.8 Å². The molecule has 0 radical (unpaired) electrons. The lowest BCUT2D eigenvalue weighted by molar-refractivity contribution is -0.129. The first-order valence-electron chi connectivity index (χ1n) is 10.9. The van der Waals surface area contributed by atoms with Crippen molar-refractivity contribution in [1.29, 1.82) is 0 Å². The molecule has 2 fully saturated rings. The van der Waals surface area contributed by atoms with Gasteiger partial charge >= 0.3 is 0 Å².